The number of carbonyl (C=O) groups excluding carboxylic acids is 1. The van der Waals surface area contributed by atoms with E-state index in [0.717, 1.165) is 23.2 Å². The van der Waals surface area contributed by atoms with Gasteiger partial charge in [-0.3, -0.25) is 4.79 Å². The Hall–Kier alpha value is -3.30. The lowest BCUT2D eigenvalue weighted by Gasteiger charge is -2.45. The average molecular weight is 422 g/mol. The Kier molecular flexibility index (Phi) is 4.30. The van der Waals surface area contributed by atoms with Gasteiger partial charge in [0.1, 0.15) is 11.6 Å². The first-order chi connectivity index (χ1) is 14.5. The summed E-state index contributed by atoms with van der Waals surface area (Å²) in [6.07, 6.45) is 3.18. The number of likely N-dealkylation sites (tertiary alicyclic amines) is 1. The topological polar surface area (TPSA) is 58.3 Å². The maximum Gasteiger partial charge on any atom is 0.254 e. The zero-order valence-electron chi connectivity index (χ0n) is 15.9. The highest BCUT2D eigenvalue weighted by Gasteiger charge is 2.44. The molecule has 2 aromatic carbocycles. The summed E-state index contributed by atoms with van der Waals surface area (Å²) in [6.45, 7) is 0.913. The fourth-order valence-corrected chi connectivity index (χ4v) is 4.55. The van der Waals surface area contributed by atoms with Gasteiger partial charge in [-0.25, -0.2) is 4.39 Å². The van der Waals surface area contributed by atoms with Gasteiger partial charge in [-0.1, -0.05) is 11.6 Å². The van der Waals surface area contributed by atoms with Crippen LogP contribution in [0.15, 0.2) is 54.7 Å². The number of hydrogen-bond donors (Lipinski definition) is 0. The minimum atomic E-state index is -0.590. The Balaban J connectivity index is 1.42. The van der Waals surface area contributed by atoms with Crippen molar-refractivity contribution in [1.82, 2.24) is 9.47 Å². The molecule has 1 fully saturated rings. The lowest BCUT2D eigenvalue weighted by Crippen LogP contribution is -2.50. The summed E-state index contributed by atoms with van der Waals surface area (Å²) in [5, 5.41) is 9.65. The molecule has 0 aliphatic carbocycles. The molecular formula is C23H17ClFN3O2. The van der Waals surface area contributed by atoms with Gasteiger partial charge in [-0.15, -0.1) is 0 Å². The van der Waals surface area contributed by atoms with Gasteiger partial charge in [0.15, 0.2) is 5.60 Å². The standard InChI is InChI=1S/C23H17ClFN3O2/c24-17-3-4-19-20(13-17)30-23(21-2-1-7-28(19)21)5-8-27(9-6-23)22(29)16-10-15(14-26)11-18(25)12-16/h1-4,7,10-13H,5-6,8-9H2. The van der Waals surface area contributed by atoms with Gasteiger partial charge in [0.05, 0.1) is 23.0 Å². The van der Waals surface area contributed by atoms with E-state index < -0.39 is 11.4 Å². The number of nitrogens with zero attached hydrogens (tertiary/aromatic N) is 3. The number of piperidine rings is 1. The third kappa shape index (κ3) is 2.94. The van der Waals surface area contributed by atoms with E-state index >= 15 is 0 Å². The molecule has 7 heteroatoms. The van der Waals surface area contributed by atoms with Gasteiger partial charge in [0, 0.05) is 48.8 Å². The number of ether oxygens (including phenoxy) is 1. The first-order valence-electron chi connectivity index (χ1n) is 9.66. The number of benzene rings is 2. The number of halogens is 2. The van der Waals surface area contributed by atoms with Gasteiger partial charge in [0.25, 0.3) is 5.91 Å². The fourth-order valence-electron chi connectivity index (χ4n) is 4.38. The molecule has 0 radical (unpaired) electrons. The summed E-state index contributed by atoms with van der Waals surface area (Å²) in [5.74, 6) is -0.155. The van der Waals surface area contributed by atoms with Crippen LogP contribution in [0.4, 0.5) is 4.39 Å². The molecule has 0 N–H and O–H groups in total. The van der Waals surface area contributed by atoms with Crippen LogP contribution in [0.5, 0.6) is 5.75 Å². The van der Waals surface area contributed by atoms with Crippen LogP contribution in [-0.4, -0.2) is 28.5 Å². The van der Waals surface area contributed by atoms with E-state index in [1.165, 1.54) is 12.1 Å². The third-order valence-electron chi connectivity index (χ3n) is 5.83. The van der Waals surface area contributed by atoms with Crippen molar-refractivity contribution in [3.8, 4) is 17.5 Å². The molecule has 30 heavy (non-hydrogen) atoms. The van der Waals surface area contributed by atoms with Crippen LogP contribution in [0.1, 0.15) is 34.5 Å². The summed E-state index contributed by atoms with van der Waals surface area (Å²) >= 11 is 6.18. The largest absolute Gasteiger partial charge is 0.479 e. The summed E-state index contributed by atoms with van der Waals surface area (Å²) < 4.78 is 22.4. The summed E-state index contributed by atoms with van der Waals surface area (Å²) in [5.41, 5.74) is 1.74. The molecule has 3 heterocycles. The molecule has 0 unspecified atom stereocenters. The highest BCUT2D eigenvalue weighted by Crippen LogP contribution is 2.45. The lowest BCUT2D eigenvalue weighted by atomic mass is 9.86. The van der Waals surface area contributed by atoms with Crippen LogP contribution >= 0.6 is 11.6 Å². The molecule has 0 atom stereocenters. The predicted molar refractivity (Wildman–Crippen MR) is 109 cm³/mol. The third-order valence-corrected chi connectivity index (χ3v) is 6.07. The SMILES string of the molecule is N#Cc1cc(F)cc(C(=O)N2CCC3(CC2)Oc2cc(Cl)ccc2-n2cccc23)c1. The molecule has 1 spiro atoms. The molecule has 3 aromatic rings. The first kappa shape index (κ1) is 18.7. The number of aromatic nitrogens is 1. The van der Waals surface area contributed by atoms with E-state index in [0.29, 0.717) is 31.0 Å². The molecule has 5 rings (SSSR count). The first-order valence-corrected chi connectivity index (χ1v) is 10.0. The number of rotatable bonds is 1. The molecular weight excluding hydrogens is 405 g/mol. The highest BCUT2D eigenvalue weighted by molar-refractivity contribution is 6.30. The highest BCUT2D eigenvalue weighted by atomic mass is 35.5. The number of fused-ring (bicyclic) bond motifs is 4. The monoisotopic (exact) mass is 421 g/mol. The molecule has 150 valence electrons. The number of amides is 1. The van der Waals surface area contributed by atoms with Crippen molar-refractivity contribution < 1.29 is 13.9 Å². The van der Waals surface area contributed by atoms with Crippen molar-refractivity contribution in [2.24, 2.45) is 0 Å². The zero-order chi connectivity index (χ0) is 20.9. The van der Waals surface area contributed by atoms with Gasteiger partial charge in [-0.2, -0.15) is 5.26 Å². The Morgan fingerprint density at radius 2 is 1.97 bits per heavy atom. The van der Waals surface area contributed by atoms with Crippen LogP contribution < -0.4 is 4.74 Å². The molecule has 1 saturated heterocycles. The van der Waals surface area contributed by atoms with Crippen molar-refractivity contribution in [3.63, 3.8) is 0 Å². The molecule has 2 aliphatic rings. The van der Waals surface area contributed by atoms with Crippen LogP contribution in [0.3, 0.4) is 0 Å². The summed E-state index contributed by atoms with van der Waals surface area (Å²) in [4.78, 5) is 14.6. The number of carbonyl (C=O) groups is 1. The normalized spacial score (nSPS) is 16.4. The van der Waals surface area contributed by atoms with E-state index in [1.807, 2.05) is 42.6 Å². The second kappa shape index (κ2) is 6.89. The van der Waals surface area contributed by atoms with Crippen molar-refractivity contribution in [2.45, 2.75) is 18.4 Å². The molecule has 0 bridgehead atoms. The van der Waals surface area contributed by atoms with Gasteiger partial charge in [-0.05, 0) is 42.5 Å². The quantitative estimate of drug-likeness (QED) is 0.574. The van der Waals surface area contributed by atoms with Crippen molar-refractivity contribution >= 4 is 17.5 Å². The van der Waals surface area contributed by atoms with Crippen molar-refractivity contribution in [3.05, 3.63) is 82.4 Å². The van der Waals surface area contributed by atoms with Gasteiger partial charge in [0.2, 0.25) is 0 Å². The molecule has 1 aromatic heterocycles. The average Bonchev–Trinajstić information content (AvgIpc) is 3.24. The van der Waals surface area contributed by atoms with Crippen LogP contribution in [0.2, 0.25) is 5.02 Å². The Morgan fingerprint density at radius 1 is 1.17 bits per heavy atom. The maximum atomic E-state index is 13.8. The number of hydrogen-bond acceptors (Lipinski definition) is 3. The Bertz CT molecular complexity index is 1210. The van der Waals surface area contributed by atoms with Crippen LogP contribution in [0.25, 0.3) is 5.69 Å². The molecule has 0 saturated carbocycles. The smallest absolute Gasteiger partial charge is 0.254 e. The van der Waals surface area contributed by atoms with Crippen molar-refractivity contribution in [2.75, 3.05) is 13.1 Å². The van der Waals surface area contributed by atoms with E-state index in [2.05, 4.69) is 4.57 Å². The fraction of sp³-hybridized carbons (Fsp3) is 0.217. The van der Waals surface area contributed by atoms with Crippen LogP contribution in [0, 0.1) is 17.1 Å². The lowest BCUT2D eigenvalue weighted by molar-refractivity contribution is -0.00931. The second-order valence-electron chi connectivity index (χ2n) is 7.60. The Morgan fingerprint density at radius 3 is 2.73 bits per heavy atom. The van der Waals surface area contributed by atoms with Crippen LogP contribution in [-0.2, 0) is 5.60 Å². The zero-order valence-corrected chi connectivity index (χ0v) is 16.7. The molecule has 1 amide bonds. The molecule has 5 nitrogen and oxygen atoms in total. The summed E-state index contributed by atoms with van der Waals surface area (Å²) in [6, 6.07) is 15.2. The Labute approximate surface area is 177 Å². The van der Waals surface area contributed by atoms with Gasteiger partial charge >= 0.3 is 0 Å². The maximum absolute atomic E-state index is 13.8. The second-order valence-corrected chi connectivity index (χ2v) is 8.04. The van der Waals surface area contributed by atoms with Crippen molar-refractivity contribution in [1.29, 1.82) is 5.26 Å². The van der Waals surface area contributed by atoms with E-state index in [4.69, 9.17) is 21.6 Å². The van der Waals surface area contributed by atoms with Gasteiger partial charge < -0.3 is 14.2 Å². The van der Waals surface area contributed by atoms with E-state index in [1.54, 1.807) is 4.90 Å². The minimum absolute atomic E-state index is 0.133. The van der Waals surface area contributed by atoms with E-state index in [-0.39, 0.29) is 17.0 Å². The molecule has 2 aliphatic heterocycles. The number of nitriles is 1. The predicted octanol–water partition coefficient (Wildman–Crippen LogP) is 4.67. The minimum Gasteiger partial charge on any atom is -0.479 e. The summed E-state index contributed by atoms with van der Waals surface area (Å²) in [7, 11) is 0. The van der Waals surface area contributed by atoms with E-state index in [9.17, 15) is 9.18 Å².